The Hall–Kier alpha value is -1.05. The van der Waals surface area contributed by atoms with E-state index in [1.165, 1.54) is 0 Å². The minimum Gasteiger partial charge on any atom is -0.493 e. The molecule has 7 heteroatoms. The van der Waals surface area contributed by atoms with Crippen LogP contribution in [-0.4, -0.2) is 45.7 Å². The number of carbonyl (C=O) groups is 1. The van der Waals surface area contributed by atoms with Gasteiger partial charge >= 0.3 is 0 Å². The third-order valence-corrected chi connectivity index (χ3v) is 6.44. The van der Waals surface area contributed by atoms with Crippen molar-refractivity contribution in [2.75, 3.05) is 23.9 Å². The summed E-state index contributed by atoms with van der Waals surface area (Å²) in [6.45, 7) is 4.46. The second-order valence-electron chi connectivity index (χ2n) is 5.07. The molecule has 0 fully saturated rings. The van der Waals surface area contributed by atoms with Crippen LogP contribution in [-0.2, 0) is 4.79 Å². The van der Waals surface area contributed by atoms with Crippen molar-refractivity contribution in [3.63, 3.8) is 0 Å². The molecule has 0 radical (unpaired) electrons. The molecular weight excluding hydrogens is 348 g/mol. The number of aromatic nitrogens is 1. The third-order valence-electron chi connectivity index (χ3n) is 3.36. The first-order valence-electron chi connectivity index (χ1n) is 7.50. The molecule has 1 aromatic carbocycles. The number of Topliss-reactive ketones (excluding diaryl/α,β-unsaturated/α-hetero) is 1. The number of hydrogen-bond donors (Lipinski definition) is 0. The van der Waals surface area contributed by atoms with E-state index in [0.717, 1.165) is 49.9 Å². The van der Waals surface area contributed by atoms with E-state index in [4.69, 9.17) is 4.74 Å². The molecule has 0 bridgehead atoms. The van der Waals surface area contributed by atoms with Gasteiger partial charge in [0.25, 0.3) is 0 Å². The summed E-state index contributed by atoms with van der Waals surface area (Å²) in [5.41, 5.74) is 0.954. The molecule has 0 spiro atoms. The number of thiazole rings is 1. The zero-order valence-corrected chi connectivity index (χ0v) is 15.5. The monoisotopic (exact) mass is 366 g/mol. The molecule has 0 N–H and O–H groups in total. The van der Waals surface area contributed by atoms with E-state index in [1.807, 2.05) is 30.0 Å². The number of hydrogen-bond acceptors (Lipinski definition) is 7. The van der Waals surface area contributed by atoms with E-state index < -0.39 is 0 Å². The number of carbonyl (C=O) groups excluding carboxylic acids is 1. The fourth-order valence-corrected chi connectivity index (χ4v) is 4.82. The van der Waals surface area contributed by atoms with Crippen molar-refractivity contribution in [2.45, 2.75) is 19.9 Å². The highest BCUT2D eigenvalue weighted by Crippen LogP contribution is 2.31. The minimum atomic E-state index is -0.211. The van der Waals surface area contributed by atoms with E-state index >= 15 is 0 Å². The highest BCUT2D eigenvalue weighted by molar-refractivity contribution is 8.15. The van der Waals surface area contributed by atoms with Crippen LogP contribution in [0.5, 0.6) is 5.75 Å². The van der Waals surface area contributed by atoms with Crippen molar-refractivity contribution in [3.8, 4) is 5.75 Å². The minimum absolute atomic E-state index is 0.120. The third kappa shape index (κ3) is 4.08. The van der Waals surface area contributed by atoms with Gasteiger partial charge in [0.1, 0.15) is 21.8 Å². The summed E-state index contributed by atoms with van der Waals surface area (Å²) in [6, 6.07) is 5.78. The van der Waals surface area contributed by atoms with E-state index in [0.29, 0.717) is 0 Å². The summed E-state index contributed by atoms with van der Waals surface area (Å²) in [6.07, 6.45) is 0. The Morgan fingerprint density at radius 3 is 3.09 bits per heavy atom. The molecule has 1 aliphatic heterocycles. The molecule has 0 aliphatic carbocycles. The van der Waals surface area contributed by atoms with Crippen molar-refractivity contribution in [1.29, 1.82) is 0 Å². The van der Waals surface area contributed by atoms with Gasteiger partial charge in [-0.1, -0.05) is 6.92 Å². The van der Waals surface area contributed by atoms with Crippen molar-refractivity contribution in [3.05, 3.63) is 23.2 Å². The van der Waals surface area contributed by atoms with Crippen molar-refractivity contribution in [1.82, 2.24) is 4.98 Å². The van der Waals surface area contributed by atoms with Crippen molar-refractivity contribution >= 4 is 55.9 Å². The quantitative estimate of drug-likeness (QED) is 0.696. The highest BCUT2D eigenvalue weighted by atomic mass is 32.2. The second-order valence-corrected chi connectivity index (χ2v) is 8.50. The van der Waals surface area contributed by atoms with Crippen molar-refractivity contribution < 1.29 is 9.53 Å². The SMILES string of the molecule is CCSCCOc1ccc2nc(C3=NC(C(C)=O)CS3)sc2c1. The number of aliphatic imine (C=N–C) groups is 1. The fourth-order valence-electron chi connectivity index (χ4n) is 2.15. The van der Waals surface area contributed by atoms with Gasteiger partial charge in [-0.2, -0.15) is 11.8 Å². The second kappa shape index (κ2) is 7.68. The summed E-state index contributed by atoms with van der Waals surface area (Å²) >= 11 is 5.09. The lowest BCUT2D eigenvalue weighted by atomic mass is 10.2. The maximum Gasteiger partial charge on any atom is 0.155 e. The molecular formula is C16H18N2O2S3. The largest absolute Gasteiger partial charge is 0.493 e. The van der Waals surface area contributed by atoms with Crippen LogP contribution in [0.4, 0.5) is 0 Å². The van der Waals surface area contributed by atoms with Gasteiger partial charge in [-0.25, -0.2) is 4.98 Å². The number of thioether (sulfide) groups is 2. The van der Waals surface area contributed by atoms with Gasteiger partial charge < -0.3 is 4.74 Å². The van der Waals surface area contributed by atoms with Crippen LogP contribution in [0.3, 0.4) is 0 Å². The molecule has 0 amide bonds. The van der Waals surface area contributed by atoms with E-state index in [2.05, 4.69) is 16.9 Å². The number of ketones is 1. The number of nitrogens with zero attached hydrogens (tertiary/aromatic N) is 2. The van der Waals surface area contributed by atoms with Gasteiger partial charge in [0.2, 0.25) is 0 Å². The molecule has 122 valence electrons. The van der Waals surface area contributed by atoms with Gasteiger partial charge in [-0.3, -0.25) is 9.79 Å². The smallest absolute Gasteiger partial charge is 0.155 e. The molecule has 1 aromatic heterocycles. The maximum absolute atomic E-state index is 11.4. The van der Waals surface area contributed by atoms with E-state index in [-0.39, 0.29) is 11.8 Å². The summed E-state index contributed by atoms with van der Waals surface area (Å²) in [7, 11) is 0. The molecule has 4 nitrogen and oxygen atoms in total. The first kappa shape index (κ1) is 16.8. The number of fused-ring (bicyclic) bond motifs is 1. The maximum atomic E-state index is 11.4. The van der Waals surface area contributed by atoms with Gasteiger partial charge in [0.15, 0.2) is 5.78 Å². The Morgan fingerprint density at radius 1 is 1.48 bits per heavy atom. The lowest BCUT2D eigenvalue weighted by molar-refractivity contribution is -0.117. The zero-order chi connectivity index (χ0) is 16.2. The number of ether oxygens (including phenoxy) is 1. The van der Waals surface area contributed by atoms with Crippen LogP contribution in [0.2, 0.25) is 0 Å². The Morgan fingerprint density at radius 2 is 2.35 bits per heavy atom. The van der Waals surface area contributed by atoms with Gasteiger partial charge in [0.05, 0.1) is 16.8 Å². The first-order valence-corrected chi connectivity index (χ1v) is 10.5. The van der Waals surface area contributed by atoms with Crippen LogP contribution in [0.1, 0.15) is 18.9 Å². The predicted molar refractivity (Wildman–Crippen MR) is 102 cm³/mol. The van der Waals surface area contributed by atoms with E-state index in [1.54, 1.807) is 30.0 Å². The van der Waals surface area contributed by atoms with Gasteiger partial charge in [-0.15, -0.1) is 23.1 Å². The lowest BCUT2D eigenvalue weighted by Gasteiger charge is -2.04. The van der Waals surface area contributed by atoms with Crippen LogP contribution in [0, 0.1) is 0 Å². The van der Waals surface area contributed by atoms with Crippen molar-refractivity contribution in [2.24, 2.45) is 4.99 Å². The molecule has 3 rings (SSSR count). The molecule has 1 atom stereocenters. The average Bonchev–Trinajstić information content (AvgIpc) is 3.17. The number of benzene rings is 1. The Labute approximate surface area is 148 Å². The molecule has 2 aromatic rings. The molecule has 1 unspecified atom stereocenters. The highest BCUT2D eigenvalue weighted by Gasteiger charge is 2.24. The summed E-state index contributed by atoms with van der Waals surface area (Å²) in [5, 5.41) is 1.78. The average molecular weight is 367 g/mol. The van der Waals surface area contributed by atoms with Crippen LogP contribution in [0.15, 0.2) is 23.2 Å². The topological polar surface area (TPSA) is 51.6 Å². The van der Waals surface area contributed by atoms with E-state index in [9.17, 15) is 4.79 Å². The Kier molecular flexibility index (Phi) is 5.61. The number of rotatable bonds is 7. The van der Waals surface area contributed by atoms with Crippen LogP contribution >= 0.6 is 34.9 Å². The van der Waals surface area contributed by atoms with Crippen LogP contribution < -0.4 is 4.74 Å². The molecule has 1 aliphatic rings. The Bertz CT molecular complexity index is 742. The molecule has 23 heavy (non-hydrogen) atoms. The zero-order valence-electron chi connectivity index (χ0n) is 13.1. The summed E-state index contributed by atoms with van der Waals surface area (Å²) < 4.78 is 6.87. The fraction of sp³-hybridized carbons (Fsp3) is 0.438. The summed E-state index contributed by atoms with van der Waals surface area (Å²) in [4.78, 5) is 20.6. The molecule has 0 saturated carbocycles. The summed E-state index contributed by atoms with van der Waals surface area (Å²) in [5.74, 6) is 3.84. The lowest BCUT2D eigenvalue weighted by Crippen LogP contribution is -2.14. The van der Waals surface area contributed by atoms with Gasteiger partial charge in [0, 0.05) is 11.5 Å². The molecule has 2 heterocycles. The normalized spacial score (nSPS) is 17.5. The standard InChI is InChI=1S/C16H18N2O2S3/c1-3-21-7-6-20-11-4-5-12-14(8-11)23-16(17-12)15-18-13(9-22-15)10(2)19/h4-5,8,13H,3,6-7,9H2,1-2H3. The first-order chi connectivity index (χ1) is 11.2. The van der Waals surface area contributed by atoms with Gasteiger partial charge in [-0.05, 0) is 30.9 Å². The van der Waals surface area contributed by atoms with Crippen LogP contribution in [0.25, 0.3) is 10.2 Å². The Balaban J connectivity index is 1.74. The molecule has 0 saturated heterocycles. The predicted octanol–water partition coefficient (Wildman–Crippen LogP) is 3.88.